The highest BCUT2D eigenvalue weighted by molar-refractivity contribution is 6.08. The fourth-order valence-corrected chi connectivity index (χ4v) is 4.93. The summed E-state index contributed by atoms with van der Waals surface area (Å²) < 4.78 is 126. The molecule has 1 N–H and O–H groups in total. The zero-order chi connectivity index (χ0) is 34.6. The van der Waals surface area contributed by atoms with Crippen LogP contribution in [0.5, 0.6) is 0 Å². The van der Waals surface area contributed by atoms with Gasteiger partial charge in [0.1, 0.15) is 11.2 Å². The van der Waals surface area contributed by atoms with Crippen molar-refractivity contribution in [2.75, 3.05) is 0 Å². The van der Waals surface area contributed by atoms with Gasteiger partial charge in [0.25, 0.3) is 0 Å². The molecule has 2 heteroatoms. The minimum Gasteiger partial charge on any atom is -0.455 e. The van der Waals surface area contributed by atoms with Crippen molar-refractivity contribution in [3.05, 3.63) is 95.3 Å². The van der Waals surface area contributed by atoms with Crippen molar-refractivity contribution in [2.45, 2.75) is 38.5 Å². The molecule has 0 saturated heterocycles. The van der Waals surface area contributed by atoms with E-state index in [9.17, 15) is 1.37 Å². The second kappa shape index (κ2) is 8.19. The number of para-hydroxylation sites is 2. The molecule has 4 aromatic rings. The smallest absolute Gasteiger partial charge is 0.142 e. The van der Waals surface area contributed by atoms with E-state index in [4.69, 9.17) is 27.6 Å². The zero-order valence-electron chi connectivity index (χ0n) is 32.0. The van der Waals surface area contributed by atoms with Crippen LogP contribution in [0.15, 0.2) is 83.0 Å². The Morgan fingerprint density at radius 2 is 1.73 bits per heavy atom. The predicted molar refractivity (Wildman–Crippen MR) is 139 cm³/mol. The third kappa shape index (κ3) is 3.64. The second-order valence-electron chi connectivity index (χ2n) is 8.68. The Kier molecular flexibility index (Phi) is 2.55. The predicted octanol–water partition coefficient (Wildman–Crippen LogP) is 8.63. The number of hydrogen-bond acceptors (Lipinski definition) is 2. The van der Waals surface area contributed by atoms with Crippen LogP contribution in [0.3, 0.4) is 0 Å². The Balaban J connectivity index is 1.64. The van der Waals surface area contributed by atoms with Gasteiger partial charge in [0, 0.05) is 23.9 Å². The van der Waals surface area contributed by atoms with E-state index in [1.807, 2.05) is 0 Å². The number of fused-ring (bicyclic) bond motifs is 5. The summed E-state index contributed by atoms with van der Waals surface area (Å²) in [6.07, 6.45) is 1.65. The molecule has 0 spiro atoms. The molecule has 0 atom stereocenters. The topological polar surface area (TPSA) is 37.0 Å². The molecule has 2 nitrogen and oxygen atoms in total. The maximum Gasteiger partial charge on any atom is 0.142 e. The molecule has 0 amide bonds. The molecule has 3 saturated carbocycles. The normalized spacial score (nSPS) is 31.8. The van der Waals surface area contributed by atoms with E-state index in [1.54, 1.807) is 0 Å². The van der Waals surface area contributed by atoms with Gasteiger partial charge < -0.3 is 9.83 Å². The highest BCUT2D eigenvalue weighted by Crippen LogP contribution is 2.51. The van der Waals surface area contributed by atoms with Crippen LogP contribution < -0.4 is 0 Å². The van der Waals surface area contributed by atoms with Crippen molar-refractivity contribution in [1.29, 1.82) is 5.41 Å². The van der Waals surface area contributed by atoms with Gasteiger partial charge in [0.15, 0.2) is 0 Å². The van der Waals surface area contributed by atoms with Gasteiger partial charge in [-0.15, -0.1) is 0 Å². The van der Waals surface area contributed by atoms with E-state index >= 15 is 0 Å². The van der Waals surface area contributed by atoms with Crippen LogP contribution in [0.2, 0.25) is 0 Å². The summed E-state index contributed by atoms with van der Waals surface area (Å²) in [6.45, 7) is 1.38. The monoisotopic (exact) mass is 445 g/mol. The minimum absolute atomic E-state index is 0.0145. The van der Waals surface area contributed by atoms with Crippen molar-refractivity contribution in [3.63, 3.8) is 0 Å². The van der Waals surface area contributed by atoms with Crippen LogP contribution in [-0.4, -0.2) is 6.19 Å². The molecule has 0 unspecified atom stereocenters. The van der Waals surface area contributed by atoms with Crippen molar-refractivity contribution >= 4 is 39.3 Å². The minimum atomic E-state index is -1.34. The van der Waals surface area contributed by atoms with E-state index in [0.717, 1.165) is 12.8 Å². The molecular formula is C31H29NO. The van der Waals surface area contributed by atoms with Gasteiger partial charge in [0.05, 0.1) is 17.8 Å². The molecule has 0 radical (unpaired) electrons. The third-order valence-corrected chi connectivity index (χ3v) is 6.53. The third-order valence-electron chi connectivity index (χ3n) is 6.53. The van der Waals surface area contributed by atoms with Crippen LogP contribution in [0, 0.1) is 17.2 Å². The first-order chi connectivity index (χ1) is 21.9. The van der Waals surface area contributed by atoms with E-state index in [1.165, 1.54) is 13.0 Å². The van der Waals surface area contributed by atoms with Gasteiger partial charge in [-0.05, 0) is 84.7 Å². The molecule has 33 heavy (non-hydrogen) atoms. The lowest BCUT2D eigenvalue weighted by Crippen LogP contribution is -2.32. The molecule has 3 aliphatic carbocycles. The van der Waals surface area contributed by atoms with E-state index in [-0.39, 0.29) is 56.5 Å². The van der Waals surface area contributed by atoms with Gasteiger partial charge in [-0.2, -0.15) is 0 Å². The van der Waals surface area contributed by atoms with Gasteiger partial charge in [0.2, 0.25) is 0 Å². The van der Waals surface area contributed by atoms with Crippen molar-refractivity contribution in [1.82, 2.24) is 0 Å². The Bertz CT molecular complexity index is 2100. The van der Waals surface area contributed by atoms with Crippen molar-refractivity contribution < 1.29 is 23.6 Å². The SMILES string of the molecule is [2H]C(=N)/C([2H])=C(\C([2H])=C(/C)c1cc([2H])c([2H])c2c1oc1c([2H])c([2H])c([2H])c([2H])c12)c1c([2H])c([2H])c(C2([2H])CC3CC(C3)C2)c([2H])c1[2H]. The first kappa shape index (κ1) is 10.3. The van der Waals surface area contributed by atoms with E-state index in [2.05, 4.69) is 0 Å². The molecule has 0 aliphatic heterocycles. The lowest BCUT2D eigenvalue weighted by molar-refractivity contribution is 0.0966. The number of benzene rings is 3. The number of nitrogens with one attached hydrogen (secondary N) is 1. The summed E-state index contributed by atoms with van der Waals surface area (Å²) in [7, 11) is 0. The standard InChI is InChI=1S/C31H29NO/c1-20(27-6-4-7-29-28-5-2-3-8-30(28)33-31(27)29)15-25(13-14-32)23-9-11-24(12-10-23)26-18-21-16-22(17-21)19-26/h2-15,21-22,26,32H,16-19H2,1H3/b20-15+,25-13+,32-14?/i2D,3D,4D,5D,7D,8D,9D,10D,11D,12D,13D,14D,15D,26D. The summed E-state index contributed by atoms with van der Waals surface area (Å²) in [4.78, 5) is 0. The van der Waals surface area contributed by atoms with Gasteiger partial charge in [-0.1, -0.05) is 66.5 Å². The molecule has 7 rings (SSSR count). The Morgan fingerprint density at radius 1 is 1.00 bits per heavy atom. The fourth-order valence-electron chi connectivity index (χ4n) is 4.93. The van der Waals surface area contributed by atoms with Gasteiger partial charge >= 0.3 is 0 Å². The molecule has 3 aliphatic rings. The second-order valence-corrected chi connectivity index (χ2v) is 8.68. The van der Waals surface area contributed by atoms with Crippen molar-refractivity contribution in [2.24, 2.45) is 11.8 Å². The Morgan fingerprint density at radius 3 is 2.48 bits per heavy atom. The number of allylic oxidation sites excluding steroid dienone is 4. The fraction of sp³-hybridized carbons (Fsp3) is 0.258. The molecule has 164 valence electrons. The lowest BCUT2D eigenvalue weighted by atomic mass is 9.60. The molecular weight excluding hydrogens is 402 g/mol. The Labute approximate surface area is 214 Å². The van der Waals surface area contributed by atoms with Crippen LogP contribution in [0.4, 0.5) is 0 Å². The first-order valence-corrected chi connectivity index (χ1v) is 10.9. The molecule has 3 fully saturated rings. The number of furan rings is 1. The quantitative estimate of drug-likeness (QED) is 0.242. The summed E-state index contributed by atoms with van der Waals surface area (Å²) in [5.74, 6) is -0.805. The van der Waals surface area contributed by atoms with Crippen LogP contribution >= 0.6 is 0 Å². The Hall–Kier alpha value is -3.39. The average Bonchev–Trinajstić information content (AvgIpc) is 3.41. The van der Waals surface area contributed by atoms with E-state index < -0.39 is 89.7 Å². The summed E-state index contributed by atoms with van der Waals surface area (Å²) in [5, 5.41) is 7.67. The van der Waals surface area contributed by atoms with Crippen LogP contribution in [-0.2, 0) is 0 Å². The molecule has 1 heterocycles. The average molecular weight is 446 g/mol. The van der Waals surface area contributed by atoms with Crippen LogP contribution in [0.1, 0.15) is 74.4 Å². The molecule has 2 bridgehead atoms. The zero-order valence-corrected chi connectivity index (χ0v) is 18.0. The number of hydrogen-bond donors (Lipinski definition) is 1. The first-order valence-electron chi connectivity index (χ1n) is 17.9. The van der Waals surface area contributed by atoms with Gasteiger partial charge in [-0.25, -0.2) is 0 Å². The highest BCUT2D eigenvalue weighted by atomic mass is 16.3. The van der Waals surface area contributed by atoms with Gasteiger partial charge in [-0.3, -0.25) is 0 Å². The van der Waals surface area contributed by atoms with Crippen molar-refractivity contribution in [3.8, 4) is 0 Å². The molecule has 1 aromatic heterocycles. The number of rotatable bonds is 5. The summed E-state index contributed by atoms with van der Waals surface area (Å²) in [6, 6.07) is -5.41. The maximum atomic E-state index is 9.19. The van der Waals surface area contributed by atoms with Crippen LogP contribution in [0.25, 0.3) is 33.1 Å². The molecule has 3 aromatic carbocycles. The lowest BCUT2D eigenvalue weighted by Gasteiger charge is -2.45. The van der Waals surface area contributed by atoms with E-state index in [0.29, 0.717) is 12.8 Å². The summed E-state index contributed by atoms with van der Waals surface area (Å²) in [5.41, 5.74) is -1.61. The highest BCUT2D eigenvalue weighted by Gasteiger charge is 2.38. The maximum absolute atomic E-state index is 9.19. The largest absolute Gasteiger partial charge is 0.455 e. The summed E-state index contributed by atoms with van der Waals surface area (Å²) >= 11 is 0.